The topological polar surface area (TPSA) is 43.9 Å². The summed E-state index contributed by atoms with van der Waals surface area (Å²) in [5, 5.41) is 3.40. The van der Waals surface area contributed by atoms with Crippen LogP contribution in [-0.2, 0) is 20.1 Å². The maximum Gasteiger partial charge on any atom is 0.121 e. The van der Waals surface area contributed by atoms with Crippen molar-refractivity contribution in [2.75, 3.05) is 0 Å². The molecule has 11 aromatic rings. The molecular weight excluding hydrogens is 1090 g/mol. The van der Waals surface area contributed by atoms with Crippen LogP contribution in [0.25, 0.3) is 94.7 Å². The predicted octanol–water partition coefficient (Wildman–Crippen LogP) is 18.0. The maximum absolute atomic E-state index is 13.0. The van der Waals surface area contributed by atoms with E-state index in [-0.39, 0.29) is 25.9 Å². The van der Waals surface area contributed by atoms with Crippen molar-refractivity contribution in [1.82, 2.24) is 14.5 Å². The average Bonchev–Trinajstić information content (AvgIpc) is 3.97. The molecule has 0 spiro atoms. The zero-order valence-corrected chi connectivity index (χ0v) is 46.3. The van der Waals surface area contributed by atoms with Gasteiger partial charge in [0.15, 0.2) is 0 Å². The number of hydrogen-bond donors (Lipinski definition) is 0. The van der Waals surface area contributed by atoms with E-state index < -0.39 is 19.9 Å². The summed E-state index contributed by atoms with van der Waals surface area (Å²) in [6.07, 6.45) is 2.01. The van der Waals surface area contributed by atoms with Gasteiger partial charge in [-0.15, -0.1) is 48.0 Å². The standard InChI is InChI=1S/C49H39N2O.C17H21FNSi.Ir/c1-31(2)42-28-38(36-24-22-35(23-25-36)33-14-7-5-8-15-33)29-43(32(3)4)47(42)51-45-21-12-11-20-44(45)50-49(51)41-19-13-18-40-39-27-26-37(30-46(39)52-48(40)41)34-16-9-6-10-17-34;1-12(2)15-10-16(13-6-8-14(18)9-7-13)19-11-17(15)20(3,4)5;/h5-18,20-32H,1-4H3;6,8-12H,1-5H3;/q2*-1;/i31D,32D;;. The quantitative estimate of drug-likeness (QED) is 0.101. The second-order valence-corrected chi connectivity index (χ2v) is 25.4. The largest absolute Gasteiger partial charge is 0.501 e. The Morgan fingerprint density at radius 2 is 1.19 bits per heavy atom. The molecule has 367 valence electrons. The van der Waals surface area contributed by atoms with Crippen molar-refractivity contribution >= 4 is 46.2 Å². The number of halogens is 1. The molecule has 0 saturated carbocycles. The Balaban J connectivity index is 0.000000277. The summed E-state index contributed by atoms with van der Waals surface area (Å²) in [6.45, 7) is 19.1. The molecule has 0 N–H and O–H groups in total. The Morgan fingerprint density at radius 1 is 0.603 bits per heavy atom. The fourth-order valence-electron chi connectivity index (χ4n) is 9.72. The summed E-state index contributed by atoms with van der Waals surface area (Å²) in [7, 11) is -1.41. The smallest absolute Gasteiger partial charge is 0.121 e. The first kappa shape index (κ1) is 48.3. The van der Waals surface area contributed by atoms with Gasteiger partial charge in [0.25, 0.3) is 0 Å². The number of para-hydroxylation sites is 2. The van der Waals surface area contributed by atoms with Gasteiger partial charge in [-0.05, 0) is 103 Å². The van der Waals surface area contributed by atoms with Crippen molar-refractivity contribution in [1.29, 1.82) is 0 Å². The second-order valence-electron chi connectivity index (χ2n) is 20.4. The van der Waals surface area contributed by atoms with E-state index >= 15 is 0 Å². The molecule has 73 heavy (non-hydrogen) atoms. The number of nitrogens with zero attached hydrogens (tertiary/aromatic N) is 3. The van der Waals surface area contributed by atoms with Crippen LogP contribution in [0.15, 0.2) is 187 Å². The van der Waals surface area contributed by atoms with Crippen LogP contribution in [0.1, 0.15) is 78.7 Å². The monoisotopic (exact) mass is 1150 g/mol. The molecule has 11 rings (SSSR count). The number of hydrogen-bond acceptors (Lipinski definition) is 3. The van der Waals surface area contributed by atoms with Crippen molar-refractivity contribution < 1.29 is 31.7 Å². The van der Waals surface area contributed by atoms with Crippen molar-refractivity contribution in [2.45, 2.75) is 78.9 Å². The van der Waals surface area contributed by atoms with E-state index in [1.165, 1.54) is 22.9 Å². The number of benzene rings is 8. The molecule has 0 aliphatic rings. The molecule has 0 amide bonds. The Morgan fingerprint density at radius 3 is 1.79 bits per heavy atom. The Bertz CT molecular complexity index is 3780. The number of imidazole rings is 1. The van der Waals surface area contributed by atoms with Crippen molar-refractivity contribution in [3.05, 3.63) is 217 Å². The minimum atomic E-state index is -1.41. The molecular formula is C66H60FIrN3OSi-2. The second kappa shape index (κ2) is 21.2. The molecule has 4 nitrogen and oxygen atoms in total. The van der Waals surface area contributed by atoms with Crippen LogP contribution in [0.4, 0.5) is 4.39 Å². The minimum absolute atomic E-state index is 0. The number of fused-ring (bicyclic) bond motifs is 4. The van der Waals surface area contributed by atoms with Crippen molar-refractivity contribution in [3.8, 4) is 61.7 Å². The van der Waals surface area contributed by atoms with Gasteiger partial charge in [0.1, 0.15) is 5.58 Å². The third-order valence-electron chi connectivity index (χ3n) is 13.5. The van der Waals surface area contributed by atoms with Crippen LogP contribution in [-0.4, -0.2) is 22.6 Å². The van der Waals surface area contributed by atoms with Gasteiger partial charge in [-0.2, -0.15) is 0 Å². The summed E-state index contributed by atoms with van der Waals surface area (Å²) in [5.41, 5.74) is 15.9. The van der Waals surface area contributed by atoms with E-state index in [1.807, 2.05) is 88.5 Å². The summed E-state index contributed by atoms with van der Waals surface area (Å²) in [5.74, 6) is -1.21. The van der Waals surface area contributed by atoms with Gasteiger partial charge < -0.3 is 14.0 Å². The zero-order chi connectivity index (χ0) is 52.1. The first-order valence-electron chi connectivity index (χ1n) is 25.8. The van der Waals surface area contributed by atoms with E-state index in [0.717, 1.165) is 94.4 Å². The van der Waals surface area contributed by atoms with Crippen LogP contribution in [0.2, 0.25) is 19.6 Å². The molecule has 0 aliphatic carbocycles. The SMILES string of the molecule is CC(C)c1cc(-c2[c-]cc(F)cc2)ncc1[Si](C)(C)C.[2H]C(C)(C)c1cc(-c2ccc(-c3ccccc3)cc2)cc(C([2H])(C)C)c1-n1c(-c2[c-]ccc3c2oc2cc(-c4ccccc4)ccc23)nc2ccccc21.[Ir]. The third kappa shape index (κ3) is 10.3. The van der Waals surface area contributed by atoms with E-state index in [1.54, 1.807) is 6.07 Å². The molecule has 0 fully saturated rings. The van der Waals surface area contributed by atoms with Gasteiger partial charge in [-0.25, -0.2) is 0 Å². The Hall–Kier alpha value is -7.02. The Kier molecular flexibility index (Phi) is 14.0. The molecule has 7 heteroatoms. The molecule has 0 unspecified atom stereocenters. The Labute approximate surface area is 447 Å². The fourth-order valence-corrected chi connectivity index (χ4v) is 11.4. The molecule has 0 bridgehead atoms. The summed E-state index contributed by atoms with van der Waals surface area (Å²) in [6, 6.07) is 65.1. The predicted molar refractivity (Wildman–Crippen MR) is 303 cm³/mol. The molecule has 1 radical (unpaired) electrons. The molecule has 0 atom stereocenters. The summed E-state index contributed by atoms with van der Waals surface area (Å²) >= 11 is 0. The number of pyridine rings is 1. The van der Waals surface area contributed by atoms with E-state index in [2.05, 4.69) is 158 Å². The maximum atomic E-state index is 13.0. The first-order valence-corrected chi connectivity index (χ1v) is 28.3. The van der Waals surface area contributed by atoms with Gasteiger partial charge in [0, 0.05) is 45.9 Å². The molecule has 0 aliphatic heterocycles. The van der Waals surface area contributed by atoms with Crippen LogP contribution in [0.5, 0.6) is 0 Å². The molecule has 8 aromatic carbocycles. The molecule has 0 saturated heterocycles. The van der Waals surface area contributed by atoms with Crippen LogP contribution < -0.4 is 5.19 Å². The van der Waals surface area contributed by atoms with Gasteiger partial charge in [0.05, 0.1) is 30.5 Å². The summed E-state index contributed by atoms with van der Waals surface area (Å²) < 4.78 is 41.0. The minimum Gasteiger partial charge on any atom is -0.501 e. The van der Waals surface area contributed by atoms with Crippen LogP contribution in [0, 0.1) is 17.9 Å². The van der Waals surface area contributed by atoms with E-state index in [4.69, 9.17) is 9.40 Å². The van der Waals surface area contributed by atoms with Gasteiger partial charge >= 0.3 is 0 Å². The van der Waals surface area contributed by atoms with E-state index in [0.29, 0.717) is 17.3 Å². The van der Waals surface area contributed by atoms with Gasteiger partial charge in [-0.3, -0.25) is 9.37 Å². The molecule has 3 aromatic heterocycles. The third-order valence-corrected chi connectivity index (χ3v) is 15.5. The molecule has 3 heterocycles. The average molecular weight is 1150 g/mol. The normalized spacial score (nSPS) is 12.4. The summed E-state index contributed by atoms with van der Waals surface area (Å²) in [4.78, 5) is 9.83. The number of rotatable bonds is 10. The van der Waals surface area contributed by atoms with E-state index in [9.17, 15) is 7.13 Å². The fraction of sp³-hybridized carbons (Fsp3) is 0.182. The number of aromatic nitrogens is 3. The number of furan rings is 1. The first-order chi connectivity index (χ1) is 35.3. The van der Waals surface area contributed by atoms with Crippen LogP contribution in [0.3, 0.4) is 0 Å². The van der Waals surface area contributed by atoms with Crippen molar-refractivity contribution in [2.24, 2.45) is 0 Å². The van der Waals surface area contributed by atoms with Crippen LogP contribution >= 0.6 is 0 Å². The van der Waals surface area contributed by atoms with Gasteiger partial charge in [0.2, 0.25) is 0 Å². The van der Waals surface area contributed by atoms with Crippen molar-refractivity contribution in [3.63, 3.8) is 0 Å². The van der Waals surface area contributed by atoms with Gasteiger partial charge in [-0.1, -0.05) is 193 Å². The zero-order valence-electron chi connectivity index (χ0n) is 44.9.